The summed E-state index contributed by atoms with van der Waals surface area (Å²) in [6.07, 6.45) is 4.94. The second-order valence-corrected chi connectivity index (χ2v) is 9.18. The SMILES string of the molecule is CC(C)C(NC(=O)CCCCCn1c(=S)[nH]c2ccccc2c1=O)c1nc(C2CC2)no1. The number of carbonyl (C=O) groups excluding carboxylic acids is 1. The van der Waals surface area contributed by atoms with Crippen LogP contribution >= 0.6 is 12.2 Å². The zero-order chi connectivity index (χ0) is 22.7. The van der Waals surface area contributed by atoms with Crippen molar-refractivity contribution in [2.24, 2.45) is 5.92 Å². The van der Waals surface area contributed by atoms with Crippen molar-refractivity contribution in [2.75, 3.05) is 0 Å². The molecule has 32 heavy (non-hydrogen) atoms. The predicted octanol–water partition coefficient (Wildman–Crippen LogP) is 4.39. The minimum Gasteiger partial charge on any atom is -0.344 e. The fourth-order valence-electron chi connectivity index (χ4n) is 3.77. The molecular formula is C23H29N5O3S. The van der Waals surface area contributed by atoms with Crippen molar-refractivity contribution in [3.8, 4) is 0 Å². The number of nitrogens with one attached hydrogen (secondary N) is 2. The van der Waals surface area contributed by atoms with Crippen LogP contribution in [0.15, 0.2) is 33.6 Å². The average molecular weight is 456 g/mol. The fraction of sp³-hybridized carbons (Fsp3) is 0.522. The minimum absolute atomic E-state index is 0.0324. The van der Waals surface area contributed by atoms with Gasteiger partial charge < -0.3 is 14.8 Å². The average Bonchev–Trinajstić information content (AvgIpc) is 3.51. The summed E-state index contributed by atoms with van der Waals surface area (Å²) in [6.45, 7) is 4.58. The number of hydrogen-bond acceptors (Lipinski definition) is 6. The summed E-state index contributed by atoms with van der Waals surface area (Å²) < 4.78 is 7.44. The van der Waals surface area contributed by atoms with Gasteiger partial charge in [0.05, 0.1) is 10.9 Å². The molecule has 1 aromatic carbocycles. The van der Waals surface area contributed by atoms with Gasteiger partial charge in [-0.15, -0.1) is 0 Å². The van der Waals surface area contributed by atoms with Gasteiger partial charge in [-0.1, -0.05) is 37.6 Å². The van der Waals surface area contributed by atoms with E-state index in [9.17, 15) is 9.59 Å². The third-order valence-electron chi connectivity index (χ3n) is 5.82. The Bertz CT molecular complexity index is 1210. The highest BCUT2D eigenvalue weighted by Crippen LogP contribution is 2.38. The number of unbranched alkanes of at least 4 members (excludes halogenated alkanes) is 2. The Labute approximate surface area is 191 Å². The van der Waals surface area contributed by atoms with Gasteiger partial charge in [0, 0.05) is 18.9 Å². The molecule has 0 aliphatic heterocycles. The van der Waals surface area contributed by atoms with Gasteiger partial charge in [-0.2, -0.15) is 4.98 Å². The Kier molecular flexibility index (Phi) is 6.83. The first kappa shape index (κ1) is 22.4. The standard InChI is InChI=1S/C23H29N5O3S/c1-14(2)19(21-26-20(27-31-21)15-11-12-15)25-18(29)10-4-3-7-13-28-22(30)16-8-5-6-9-17(16)24-23(28)32/h5-6,8-9,14-15,19H,3-4,7,10-13H2,1-2H3,(H,24,32)(H,25,29). The fourth-order valence-corrected chi connectivity index (χ4v) is 4.06. The molecule has 9 heteroatoms. The topological polar surface area (TPSA) is 106 Å². The maximum Gasteiger partial charge on any atom is 0.262 e. The molecule has 2 aromatic heterocycles. The summed E-state index contributed by atoms with van der Waals surface area (Å²) in [4.78, 5) is 32.8. The Morgan fingerprint density at radius 3 is 2.81 bits per heavy atom. The van der Waals surface area contributed by atoms with Crippen molar-refractivity contribution < 1.29 is 9.32 Å². The summed E-state index contributed by atoms with van der Waals surface area (Å²) in [5, 5.41) is 7.73. The van der Waals surface area contributed by atoms with Crippen LogP contribution in [0.4, 0.5) is 0 Å². The van der Waals surface area contributed by atoms with Gasteiger partial charge >= 0.3 is 0 Å². The third kappa shape index (κ3) is 5.15. The van der Waals surface area contributed by atoms with Crippen molar-refractivity contribution in [3.05, 3.63) is 51.1 Å². The molecule has 170 valence electrons. The van der Waals surface area contributed by atoms with Gasteiger partial charge in [0.1, 0.15) is 6.04 Å². The van der Waals surface area contributed by atoms with E-state index in [0.29, 0.717) is 34.9 Å². The van der Waals surface area contributed by atoms with Crippen LogP contribution < -0.4 is 10.9 Å². The molecule has 0 spiro atoms. The van der Waals surface area contributed by atoms with Gasteiger partial charge in [-0.05, 0) is 56.0 Å². The van der Waals surface area contributed by atoms with Crippen LogP contribution in [0, 0.1) is 10.7 Å². The molecule has 1 aliphatic carbocycles. The Morgan fingerprint density at radius 2 is 2.06 bits per heavy atom. The number of aromatic nitrogens is 4. The van der Waals surface area contributed by atoms with E-state index >= 15 is 0 Å². The van der Waals surface area contributed by atoms with Crippen molar-refractivity contribution >= 4 is 29.0 Å². The molecule has 1 saturated carbocycles. The molecule has 2 N–H and O–H groups in total. The lowest BCUT2D eigenvalue weighted by molar-refractivity contribution is -0.122. The van der Waals surface area contributed by atoms with Crippen LogP contribution in [0.2, 0.25) is 0 Å². The van der Waals surface area contributed by atoms with E-state index in [1.165, 1.54) is 0 Å². The van der Waals surface area contributed by atoms with Crippen molar-refractivity contribution in [3.63, 3.8) is 0 Å². The second kappa shape index (κ2) is 9.77. The van der Waals surface area contributed by atoms with Crippen LogP contribution in [0.5, 0.6) is 0 Å². The van der Waals surface area contributed by atoms with E-state index in [1.54, 1.807) is 10.6 Å². The number of benzene rings is 1. The highest BCUT2D eigenvalue weighted by atomic mass is 32.1. The largest absolute Gasteiger partial charge is 0.344 e. The minimum atomic E-state index is -0.281. The molecule has 2 heterocycles. The first-order chi connectivity index (χ1) is 15.4. The Morgan fingerprint density at radius 1 is 1.28 bits per heavy atom. The van der Waals surface area contributed by atoms with Gasteiger partial charge in [0.25, 0.3) is 5.56 Å². The molecule has 1 amide bonds. The van der Waals surface area contributed by atoms with E-state index in [-0.39, 0.29) is 23.4 Å². The third-order valence-corrected chi connectivity index (χ3v) is 6.15. The normalized spacial score (nSPS) is 14.7. The number of para-hydroxylation sites is 1. The predicted molar refractivity (Wildman–Crippen MR) is 124 cm³/mol. The van der Waals surface area contributed by atoms with Crippen LogP contribution in [-0.2, 0) is 11.3 Å². The Hall–Kier alpha value is -2.81. The van der Waals surface area contributed by atoms with Crippen LogP contribution in [0.25, 0.3) is 10.9 Å². The van der Waals surface area contributed by atoms with E-state index < -0.39 is 0 Å². The first-order valence-corrected chi connectivity index (χ1v) is 11.7. The van der Waals surface area contributed by atoms with Crippen molar-refractivity contribution in [2.45, 2.75) is 70.9 Å². The van der Waals surface area contributed by atoms with E-state index in [4.69, 9.17) is 16.7 Å². The maximum absolute atomic E-state index is 12.7. The molecule has 1 fully saturated rings. The molecular weight excluding hydrogens is 426 g/mol. The monoisotopic (exact) mass is 455 g/mol. The molecule has 0 bridgehead atoms. The maximum atomic E-state index is 12.7. The molecule has 8 nitrogen and oxygen atoms in total. The van der Waals surface area contributed by atoms with Crippen molar-refractivity contribution in [1.82, 2.24) is 25.0 Å². The van der Waals surface area contributed by atoms with E-state index in [1.807, 2.05) is 32.0 Å². The van der Waals surface area contributed by atoms with Gasteiger partial charge in [0.2, 0.25) is 11.8 Å². The quantitative estimate of drug-likeness (QED) is 0.347. The number of fused-ring (bicyclic) bond motifs is 1. The van der Waals surface area contributed by atoms with Crippen LogP contribution in [0.3, 0.4) is 0 Å². The number of amides is 1. The molecule has 3 aromatic rings. The lowest BCUT2D eigenvalue weighted by Gasteiger charge is -2.18. The van der Waals surface area contributed by atoms with E-state index in [0.717, 1.165) is 43.4 Å². The molecule has 1 unspecified atom stereocenters. The summed E-state index contributed by atoms with van der Waals surface area (Å²) in [5.41, 5.74) is 0.674. The summed E-state index contributed by atoms with van der Waals surface area (Å²) in [5.74, 6) is 1.77. The molecule has 1 atom stereocenters. The lowest BCUT2D eigenvalue weighted by Crippen LogP contribution is -2.31. The zero-order valence-corrected chi connectivity index (χ0v) is 19.3. The highest BCUT2D eigenvalue weighted by molar-refractivity contribution is 7.71. The zero-order valence-electron chi connectivity index (χ0n) is 18.5. The molecule has 1 aliphatic rings. The molecule has 0 radical (unpaired) electrons. The Balaban J connectivity index is 1.26. The number of hydrogen-bond donors (Lipinski definition) is 2. The van der Waals surface area contributed by atoms with Gasteiger partial charge in [0.15, 0.2) is 10.6 Å². The van der Waals surface area contributed by atoms with E-state index in [2.05, 4.69) is 20.4 Å². The molecule has 0 saturated heterocycles. The number of rotatable bonds is 10. The highest BCUT2D eigenvalue weighted by Gasteiger charge is 2.31. The van der Waals surface area contributed by atoms with Gasteiger partial charge in [-0.25, -0.2) is 0 Å². The first-order valence-electron chi connectivity index (χ1n) is 11.3. The lowest BCUT2D eigenvalue weighted by atomic mass is 10.0. The van der Waals surface area contributed by atoms with Gasteiger partial charge in [-0.3, -0.25) is 14.2 Å². The van der Waals surface area contributed by atoms with Crippen LogP contribution in [-0.4, -0.2) is 25.6 Å². The number of H-pyrrole nitrogens is 1. The summed E-state index contributed by atoms with van der Waals surface area (Å²) in [7, 11) is 0. The number of nitrogens with zero attached hydrogens (tertiary/aromatic N) is 3. The second-order valence-electron chi connectivity index (χ2n) is 8.80. The van der Waals surface area contributed by atoms with Crippen LogP contribution in [0.1, 0.15) is 76.0 Å². The molecule has 4 rings (SSSR count). The number of aromatic amines is 1. The summed E-state index contributed by atoms with van der Waals surface area (Å²) in [6, 6.07) is 7.08. The smallest absolute Gasteiger partial charge is 0.262 e. The summed E-state index contributed by atoms with van der Waals surface area (Å²) >= 11 is 5.35. The number of carbonyl (C=O) groups is 1. The van der Waals surface area contributed by atoms with Crippen molar-refractivity contribution in [1.29, 1.82) is 0 Å².